The van der Waals surface area contributed by atoms with Crippen LogP contribution in [0.15, 0.2) is 36.7 Å². The number of hydrogen-bond acceptors (Lipinski definition) is 20. The molecular weight excluding hydrogens is 944 g/mol. The minimum Gasteiger partial charge on any atom is -0.508 e. The molecule has 71 heavy (non-hydrogen) atoms. The van der Waals surface area contributed by atoms with Crippen LogP contribution in [0.2, 0.25) is 0 Å². The Hall–Kier alpha value is -6.27. The minimum atomic E-state index is -1.06. The highest BCUT2D eigenvalue weighted by Crippen LogP contribution is 2.26. The van der Waals surface area contributed by atoms with E-state index in [2.05, 4.69) is 45.7 Å². The zero-order chi connectivity index (χ0) is 50.0. The summed E-state index contributed by atoms with van der Waals surface area (Å²) < 4.78 is 19.4. The highest BCUT2D eigenvalue weighted by molar-refractivity contribution is 5.85. The number of carboxylic acid groups (broad SMARTS) is 1. The molecule has 388 valence electrons. The average molecular weight is 1010 g/mol. The van der Waals surface area contributed by atoms with Gasteiger partial charge in [-0.25, -0.2) is 9.36 Å². The van der Waals surface area contributed by atoms with Crippen molar-refractivity contribution in [3.8, 4) is 18.1 Å². The summed E-state index contributed by atoms with van der Waals surface area (Å²) in [4.78, 5) is 61.9. The Morgan fingerprint density at radius 3 is 1.89 bits per heavy atom. The molecule has 0 saturated carbocycles. The number of aromatic nitrogens is 9. The Bertz CT molecular complexity index is 2320. The van der Waals surface area contributed by atoms with E-state index in [4.69, 9.17) is 47.1 Å². The molecule has 0 radical (unpaired) electrons. The molecule has 1 aromatic carbocycles. The first kappa shape index (κ1) is 55.7. The molecule has 4 aromatic rings. The first-order chi connectivity index (χ1) is 33.9. The summed E-state index contributed by atoms with van der Waals surface area (Å²) in [5.41, 5.74) is 14.2. The van der Waals surface area contributed by atoms with Crippen LogP contribution < -0.4 is 26.6 Å². The number of phenols is 1. The Morgan fingerprint density at radius 1 is 0.789 bits per heavy atom. The number of amides is 2. The molecule has 26 heteroatoms. The maximum atomic E-state index is 14.5. The van der Waals surface area contributed by atoms with Crippen LogP contribution >= 0.6 is 12.4 Å². The zero-order valence-electron chi connectivity index (χ0n) is 40.2. The van der Waals surface area contributed by atoms with Crippen molar-refractivity contribution in [3.63, 3.8) is 0 Å². The molecule has 2 saturated heterocycles. The topological polar surface area (TPSA) is 317 Å². The molecule has 2 fully saturated rings. The molecule has 8 N–H and O–H groups in total. The summed E-state index contributed by atoms with van der Waals surface area (Å²) in [6.07, 6.45) is 9.28. The van der Waals surface area contributed by atoms with E-state index in [-0.39, 0.29) is 86.8 Å². The van der Waals surface area contributed by atoms with Gasteiger partial charge in [0.15, 0.2) is 0 Å². The molecule has 2 amide bonds. The quantitative estimate of drug-likeness (QED) is 0.0343. The highest BCUT2D eigenvalue weighted by Gasteiger charge is 2.34. The summed E-state index contributed by atoms with van der Waals surface area (Å²) in [5.74, 6) is 2.26. The largest absolute Gasteiger partial charge is 0.508 e. The number of aliphatic hydroxyl groups excluding tert-OH is 1. The number of aliphatic hydroxyl groups is 1. The fourth-order valence-electron chi connectivity index (χ4n) is 7.82. The number of piperazine rings is 2. The lowest BCUT2D eigenvalue weighted by Crippen LogP contribution is -2.52. The van der Waals surface area contributed by atoms with Crippen LogP contribution in [0.25, 0.3) is 0 Å². The van der Waals surface area contributed by atoms with Crippen LogP contribution in [-0.2, 0) is 35.0 Å². The number of halogens is 1. The van der Waals surface area contributed by atoms with Crippen LogP contribution in [0.4, 0.5) is 17.8 Å². The lowest BCUT2D eigenvalue weighted by molar-refractivity contribution is -0.139. The molecule has 5 heterocycles. The third-order valence-electron chi connectivity index (χ3n) is 12.3. The Kier molecular flexibility index (Phi) is 21.9. The lowest BCUT2D eigenvalue weighted by atomic mass is 9.98. The molecule has 2 aliphatic heterocycles. The molecule has 2 unspecified atom stereocenters. The number of hydrogen-bond donors (Lipinski definition) is 6. The fraction of sp³-hybridized carbons (Fsp3) is 0.600. The van der Waals surface area contributed by atoms with Crippen molar-refractivity contribution in [2.75, 3.05) is 120 Å². The van der Waals surface area contributed by atoms with Crippen molar-refractivity contribution in [2.45, 2.75) is 63.7 Å². The maximum Gasteiger partial charge on any atom is 0.303 e. The molecule has 0 spiro atoms. The van der Waals surface area contributed by atoms with Gasteiger partial charge in [0.2, 0.25) is 29.7 Å². The van der Waals surface area contributed by atoms with Gasteiger partial charge in [-0.1, -0.05) is 48.7 Å². The maximum absolute atomic E-state index is 14.5. The van der Waals surface area contributed by atoms with Gasteiger partial charge in [-0.15, -0.1) is 29.0 Å². The van der Waals surface area contributed by atoms with E-state index in [1.807, 2.05) is 9.80 Å². The van der Waals surface area contributed by atoms with Crippen molar-refractivity contribution in [2.24, 2.45) is 17.4 Å². The molecule has 0 aliphatic carbocycles. The lowest BCUT2D eigenvalue weighted by Gasteiger charge is -2.38. The third-order valence-corrected chi connectivity index (χ3v) is 12.3. The van der Waals surface area contributed by atoms with Crippen LogP contribution in [-0.4, -0.2) is 193 Å². The average Bonchev–Trinajstić information content (AvgIpc) is 4.08. The van der Waals surface area contributed by atoms with E-state index in [9.17, 15) is 29.7 Å². The number of anilines is 3. The van der Waals surface area contributed by atoms with Gasteiger partial charge in [0.25, 0.3) is 0 Å². The number of nitrogens with one attached hydrogen (secondary N) is 1. The fourth-order valence-corrected chi connectivity index (χ4v) is 7.82. The van der Waals surface area contributed by atoms with Gasteiger partial charge in [-0.2, -0.15) is 15.0 Å². The van der Waals surface area contributed by atoms with Gasteiger partial charge in [0.05, 0.1) is 69.8 Å². The van der Waals surface area contributed by atoms with E-state index < -0.39 is 24.1 Å². The first-order valence-electron chi connectivity index (χ1n) is 23.6. The Balaban J connectivity index is 0.00000937. The number of aliphatic carboxylic acids is 1. The SMILES string of the molecule is C#CCOCCOCCOCCNc1nc(N2CCN(C(=O)[C@@H](Cc3ccc(O)cc3)n3cc(C(N)[C@H](C)CC)nn3)CC2)nc(N2CCN(C(=O)[C@H](CCC(=O)O)n3cc(C(N)CO)nn3)CC2)n1.Cl. The summed E-state index contributed by atoms with van der Waals surface area (Å²) in [7, 11) is 0. The number of terminal acetylenes is 1. The van der Waals surface area contributed by atoms with Crippen LogP contribution in [0, 0.1) is 18.3 Å². The van der Waals surface area contributed by atoms with Gasteiger partial charge in [-0.05, 0) is 30.0 Å². The van der Waals surface area contributed by atoms with E-state index >= 15 is 0 Å². The molecule has 6 rings (SSSR count). The second kappa shape index (κ2) is 27.9. The molecule has 2 aliphatic rings. The molecule has 5 atom stereocenters. The molecule has 3 aromatic heterocycles. The normalized spacial score (nSPS) is 16.1. The van der Waals surface area contributed by atoms with E-state index in [0.29, 0.717) is 109 Å². The monoisotopic (exact) mass is 1010 g/mol. The van der Waals surface area contributed by atoms with E-state index in [0.717, 1.165) is 12.0 Å². The second-order valence-corrected chi connectivity index (χ2v) is 17.1. The second-order valence-electron chi connectivity index (χ2n) is 17.1. The number of carbonyl (C=O) groups is 3. The van der Waals surface area contributed by atoms with Crippen LogP contribution in [0.3, 0.4) is 0 Å². The highest BCUT2D eigenvalue weighted by atomic mass is 35.5. The van der Waals surface area contributed by atoms with Crippen LogP contribution in [0.5, 0.6) is 5.75 Å². The minimum absolute atomic E-state index is 0. The predicted octanol–water partition coefficient (Wildman–Crippen LogP) is 0.202. The summed E-state index contributed by atoms with van der Waals surface area (Å²) in [5, 5.41) is 49.0. The Morgan fingerprint density at radius 2 is 1.32 bits per heavy atom. The number of aromatic hydroxyl groups is 1. The number of phenolic OH excluding ortho intramolecular Hbond substituents is 1. The van der Waals surface area contributed by atoms with Crippen molar-refractivity contribution in [3.05, 3.63) is 53.6 Å². The number of nitrogens with two attached hydrogens (primary N) is 2. The standard InChI is InChI=1S/C45H66N16O9.ClH/c1-4-21-68-23-25-70-26-24-69-22-12-48-43-49-44(58-17-13-56(14-18-58)41(66)37(10-11-39(64)65)60-28-35(52-54-60)34(46)30-62)51-45(50-43)59-19-15-57(16-20-59)42(67)38(27-32-6-8-33(63)9-7-32)61-29-36(53-55-61)40(47)31(3)5-2;/h1,6-9,28-29,31,34,37-38,40,62-63H,5,10-27,30,46-47H2,2-3H3,(H,64,65)(H,48,49,50,51);1H/t31-,34?,37+,38-,40?;/m1./s1. The van der Waals surface area contributed by atoms with Gasteiger partial charge < -0.3 is 65.9 Å². The van der Waals surface area contributed by atoms with Crippen molar-refractivity contribution in [1.82, 2.24) is 54.7 Å². The van der Waals surface area contributed by atoms with Gasteiger partial charge in [0.1, 0.15) is 30.1 Å². The number of benzene rings is 1. The van der Waals surface area contributed by atoms with Crippen LogP contribution in [0.1, 0.15) is 74.2 Å². The van der Waals surface area contributed by atoms with E-state index in [1.165, 1.54) is 10.9 Å². The van der Waals surface area contributed by atoms with Crippen molar-refractivity contribution in [1.29, 1.82) is 0 Å². The number of carbonyl (C=O) groups excluding carboxylic acids is 2. The summed E-state index contributed by atoms with van der Waals surface area (Å²) in [6, 6.07) is 3.92. The molecule has 25 nitrogen and oxygen atoms in total. The summed E-state index contributed by atoms with van der Waals surface area (Å²) >= 11 is 0. The van der Waals surface area contributed by atoms with Gasteiger partial charge in [0, 0.05) is 71.7 Å². The summed E-state index contributed by atoms with van der Waals surface area (Å²) in [6.45, 7) is 9.00. The van der Waals surface area contributed by atoms with Crippen molar-refractivity contribution >= 4 is 48.0 Å². The van der Waals surface area contributed by atoms with Gasteiger partial charge in [-0.3, -0.25) is 14.4 Å². The molecular formula is C45H67ClN16O9. The van der Waals surface area contributed by atoms with E-state index in [1.54, 1.807) is 44.9 Å². The number of rotatable bonds is 27. The van der Waals surface area contributed by atoms with Crippen molar-refractivity contribution < 1.29 is 43.9 Å². The number of carboxylic acids is 1. The third kappa shape index (κ3) is 15.9. The smallest absolute Gasteiger partial charge is 0.303 e. The zero-order valence-corrected chi connectivity index (χ0v) is 41.1. The predicted molar refractivity (Wildman–Crippen MR) is 262 cm³/mol. The number of ether oxygens (including phenoxy) is 3. The Labute approximate surface area is 418 Å². The molecule has 0 bridgehead atoms. The first-order valence-corrected chi connectivity index (χ1v) is 23.6. The van der Waals surface area contributed by atoms with Gasteiger partial charge >= 0.3 is 5.97 Å². The number of nitrogens with zero attached hydrogens (tertiary/aromatic N) is 13.